The van der Waals surface area contributed by atoms with Crippen molar-refractivity contribution in [3.05, 3.63) is 78.4 Å². The van der Waals surface area contributed by atoms with E-state index in [-0.39, 0.29) is 16.9 Å². The molecule has 218 valence electrons. The Kier molecular flexibility index (Phi) is 8.19. The summed E-state index contributed by atoms with van der Waals surface area (Å²) in [6.07, 6.45) is -3.69. The minimum absolute atomic E-state index is 0.101. The molecule has 0 aliphatic carbocycles. The lowest BCUT2D eigenvalue weighted by Gasteiger charge is -2.32. The van der Waals surface area contributed by atoms with Crippen LogP contribution < -0.4 is 20.3 Å². The molecule has 1 fully saturated rings. The first-order valence-corrected chi connectivity index (χ1v) is 13.5. The van der Waals surface area contributed by atoms with Gasteiger partial charge in [-0.05, 0) is 60.9 Å². The number of hydrogen-bond donors (Lipinski definition) is 3. The number of urea groups is 1. The van der Waals surface area contributed by atoms with Crippen molar-refractivity contribution in [3.63, 3.8) is 0 Å². The summed E-state index contributed by atoms with van der Waals surface area (Å²) in [5, 5.41) is 4.91. The molecule has 1 heterocycles. The second kappa shape index (κ2) is 11.3. The molecule has 3 aromatic carbocycles. The van der Waals surface area contributed by atoms with Crippen LogP contribution in [0.4, 0.5) is 48.2 Å². The number of para-hydroxylation sites is 1. The van der Waals surface area contributed by atoms with Gasteiger partial charge in [0.1, 0.15) is 6.04 Å². The van der Waals surface area contributed by atoms with Gasteiger partial charge in [-0.25, -0.2) is 4.79 Å². The summed E-state index contributed by atoms with van der Waals surface area (Å²) in [6, 6.07) is 13.7. The number of carbonyl (C=O) groups is 2. The first-order chi connectivity index (χ1) is 19.2. The van der Waals surface area contributed by atoms with E-state index in [2.05, 4.69) is 10.6 Å². The molecule has 3 aromatic rings. The number of rotatable bonds is 6. The minimum atomic E-state index is -5.65. The molecule has 0 bridgehead atoms. The van der Waals surface area contributed by atoms with Crippen molar-refractivity contribution in [1.29, 1.82) is 0 Å². The largest absolute Gasteiger partial charge is 0.516 e. The van der Waals surface area contributed by atoms with Crippen LogP contribution in [0.2, 0.25) is 0 Å². The molecule has 0 spiro atoms. The van der Waals surface area contributed by atoms with Gasteiger partial charge in [0.15, 0.2) is 0 Å². The van der Waals surface area contributed by atoms with Gasteiger partial charge < -0.3 is 15.5 Å². The van der Waals surface area contributed by atoms with Crippen LogP contribution in [0, 0.1) is 0 Å². The van der Waals surface area contributed by atoms with Gasteiger partial charge in [0.25, 0.3) is 0 Å². The van der Waals surface area contributed by atoms with Crippen LogP contribution in [0.3, 0.4) is 0 Å². The van der Waals surface area contributed by atoms with Crippen LogP contribution in [0.1, 0.15) is 18.4 Å². The van der Waals surface area contributed by atoms with Crippen LogP contribution in [0.15, 0.2) is 72.8 Å². The predicted octanol–water partition coefficient (Wildman–Crippen LogP) is 5.95. The molecule has 1 saturated heterocycles. The van der Waals surface area contributed by atoms with Gasteiger partial charge in [-0.15, -0.1) is 0 Å². The van der Waals surface area contributed by atoms with Crippen LogP contribution in [0.25, 0.3) is 11.1 Å². The van der Waals surface area contributed by atoms with Crippen LogP contribution in [0.5, 0.6) is 0 Å². The van der Waals surface area contributed by atoms with Gasteiger partial charge >= 0.3 is 27.7 Å². The van der Waals surface area contributed by atoms with Crippen LogP contribution >= 0.6 is 0 Å². The molecule has 4 rings (SSSR count). The summed E-state index contributed by atoms with van der Waals surface area (Å²) in [4.78, 5) is 26.9. The van der Waals surface area contributed by atoms with E-state index in [0.717, 1.165) is 24.3 Å². The number of nitrogens with one attached hydrogen (secondary N) is 3. The van der Waals surface area contributed by atoms with E-state index in [4.69, 9.17) is 0 Å². The molecule has 0 radical (unpaired) electrons. The minimum Gasteiger partial charge on any atom is -0.326 e. The molecular weight excluding hydrogens is 578 g/mol. The summed E-state index contributed by atoms with van der Waals surface area (Å²) >= 11 is 0. The summed E-state index contributed by atoms with van der Waals surface area (Å²) in [5.74, 6) is -0.440. The quantitative estimate of drug-likeness (QED) is 0.304. The summed E-state index contributed by atoms with van der Waals surface area (Å²) in [6.45, 7) is 0.318. The maximum absolute atomic E-state index is 13.1. The van der Waals surface area contributed by atoms with Gasteiger partial charge in [0.05, 0.1) is 11.3 Å². The van der Waals surface area contributed by atoms with Gasteiger partial charge in [-0.3, -0.25) is 9.52 Å². The van der Waals surface area contributed by atoms with Crippen molar-refractivity contribution in [2.45, 2.75) is 30.6 Å². The molecule has 1 atom stereocenters. The maximum atomic E-state index is 13.1. The molecule has 3 amide bonds. The van der Waals surface area contributed by atoms with Crippen molar-refractivity contribution >= 4 is 39.0 Å². The smallest absolute Gasteiger partial charge is 0.326 e. The highest BCUT2D eigenvalue weighted by molar-refractivity contribution is 7.93. The number of hydrogen-bond acceptors (Lipinski definition) is 4. The van der Waals surface area contributed by atoms with E-state index < -0.39 is 45.3 Å². The third kappa shape index (κ3) is 6.90. The Labute approximate surface area is 230 Å². The Balaban J connectivity index is 1.44. The maximum Gasteiger partial charge on any atom is 0.516 e. The number of sulfonamides is 1. The van der Waals surface area contributed by atoms with Gasteiger partial charge in [-0.1, -0.05) is 30.3 Å². The molecule has 0 saturated carbocycles. The number of alkyl halides is 6. The van der Waals surface area contributed by atoms with Crippen molar-refractivity contribution in [2.75, 3.05) is 21.5 Å². The Bertz CT molecular complexity index is 1530. The van der Waals surface area contributed by atoms with Crippen molar-refractivity contribution < 1.29 is 44.3 Å². The zero-order valence-electron chi connectivity index (χ0n) is 20.9. The average molecular weight is 601 g/mol. The first-order valence-electron chi connectivity index (χ1n) is 12.0. The highest BCUT2D eigenvalue weighted by Crippen LogP contribution is 2.34. The number of amides is 3. The van der Waals surface area contributed by atoms with Crippen LogP contribution in [-0.2, 0) is 21.0 Å². The number of halogens is 6. The topological polar surface area (TPSA) is 108 Å². The van der Waals surface area contributed by atoms with Crippen molar-refractivity contribution in [3.8, 4) is 11.1 Å². The van der Waals surface area contributed by atoms with E-state index in [1.807, 2.05) is 0 Å². The highest BCUT2D eigenvalue weighted by Gasteiger charge is 2.46. The second-order valence-electron chi connectivity index (χ2n) is 9.00. The zero-order chi connectivity index (χ0) is 30.0. The highest BCUT2D eigenvalue weighted by atomic mass is 32.2. The Morgan fingerprint density at radius 2 is 1.51 bits per heavy atom. The molecule has 1 aliphatic heterocycles. The summed E-state index contributed by atoms with van der Waals surface area (Å²) in [5.41, 5.74) is -5.57. The number of benzene rings is 3. The van der Waals surface area contributed by atoms with Gasteiger partial charge in [-0.2, -0.15) is 34.8 Å². The molecule has 15 heteroatoms. The molecule has 8 nitrogen and oxygen atoms in total. The first kappa shape index (κ1) is 29.7. The predicted molar refractivity (Wildman–Crippen MR) is 139 cm³/mol. The van der Waals surface area contributed by atoms with Crippen molar-refractivity contribution in [2.24, 2.45) is 0 Å². The van der Waals surface area contributed by atoms with E-state index in [9.17, 15) is 44.3 Å². The fourth-order valence-corrected chi connectivity index (χ4v) is 4.76. The summed E-state index contributed by atoms with van der Waals surface area (Å²) < 4.78 is 102. The van der Waals surface area contributed by atoms with Crippen LogP contribution in [-0.4, -0.2) is 38.5 Å². The fourth-order valence-electron chi connectivity index (χ4n) is 4.18. The normalized spacial score (nSPS) is 16.3. The zero-order valence-corrected chi connectivity index (χ0v) is 21.7. The lowest BCUT2D eigenvalue weighted by molar-refractivity contribution is -0.137. The monoisotopic (exact) mass is 600 g/mol. The van der Waals surface area contributed by atoms with E-state index in [1.165, 1.54) is 53.4 Å². The SMILES string of the molecule is O=C(Nc1ccc(C(F)(F)F)cc1)N[C@@H]1CCCN(c2ccc(-c3ccccc3NS(=O)(=O)C(F)(F)F)cc2)C1=O. The molecule has 41 heavy (non-hydrogen) atoms. The fraction of sp³-hybridized carbons (Fsp3) is 0.231. The number of nitrogens with zero attached hydrogens (tertiary/aromatic N) is 1. The standard InChI is InChI=1S/C26H22F6N4O4S/c27-25(28,29)17-9-11-18(12-10-17)33-24(38)34-22-6-3-15-36(23(22)37)19-13-7-16(8-14-19)20-4-1-2-5-21(20)35-41(39,40)26(30,31)32/h1-2,4-5,7-14,22,35H,3,6,15H2,(H2,33,34,38)/t22-/m1/s1. The molecular formula is C26H22F6N4O4S. The number of carbonyl (C=O) groups excluding carboxylic acids is 2. The Hall–Kier alpha value is -4.27. The van der Waals surface area contributed by atoms with Gasteiger partial charge in [0, 0.05) is 23.5 Å². The molecule has 3 N–H and O–H groups in total. The van der Waals surface area contributed by atoms with E-state index in [1.54, 1.807) is 4.72 Å². The average Bonchev–Trinajstić information content (AvgIpc) is 2.89. The molecule has 0 aromatic heterocycles. The number of piperidine rings is 1. The van der Waals surface area contributed by atoms with E-state index >= 15 is 0 Å². The third-order valence-electron chi connectivity index (χ3n) is 6.18. The van der Waals surface area contributed by atoms with Gasteiger partial charge in [0.2, 0.25) is 5.91 Å². The molecule has 0 unspecified atom stereocenters. The lowest BCUT2D eigenvalue weighted by atomic mass is 10.0. The lowest BCUT2D eigenvalue weighted by Crippen LogP contribution is -2.53. The van der Waals surface area contributed by atoms with Crippen molar-refractivity contribution in [1.82, 2.24) is 5.32 Å². The second-order valence-corrected chi connectivity index (χ2v) is 10.7. The Morgan fingerprint density at radius 1 is 0.878 bits per heavy atom. The summed E-state index contributed by atoms with van der Waals surface area (Å²) in [7, 11) is -5.65. The molecule has 1 aliphatic rings. The van der Waals surface area contributed by atoms with E-state index in [0.29, 0.717) is 30.6 Å². The Morgan fingerprint density at radius 3 is 2.12 bits per heavy atom. The number of anilines is 3. The third-order valence-corrected chi connectivity index (χ3v) is 7.28.